The first-order chi connectivity index (χ1) is 14.5. The highest BCUT2D eigenvalue weighted by Gasteiger charge is 2.23. The van der Waals surface area contributed by atoms with Crippen LogP contribution in [0.15, 0.2) is 74.6 Å². The van der Waals surface area contributed by atoms with E-state index < -0.39 is 30.2 Å². The van der Waals surface area contributed by atoms with Crippen LogP contribution < -0.4 is 4.90 Å². The highest BCUT2D eigenvalue weighted by molar-refractivity contribution is 7.87. The lowest BCUT2D eigenvalue weighted by molar-refractivity contribution is 0.550. The molecule has 0 radical (unpaired) electrons. The molecule has 0 heterocycles. The SMILES string of the molecule is CCN(CC)c1ccc(N=Nc2cc(S(=O)(=O)F)c3cccc(S(=O)(=O)F)c3c2)cc1. The molecule has 0 unspecified atom stereocenters. The van der Waals surface area contributed by atoms with Crippen molar-refractivity contribution in [2.45, 2.75) is 23.6 Å². The minimum atomic E-state index is -5.24. The van der Waals surface area contributed by atoms with Gasteiger partial charge in [0.05, 0.1) is 11.4 Å². The molecule has 3 aromatic carbocycles. The highest BCUT2D eigenvalue weighted by Crippen LogP contribution is 2.35. The topological polar surface area (TPSA) is 96.2 Å². The van der Waals surface area contributed by atoms with Crippen molar-refractivity contribution in [3.63, 3.8) is 0 Å². The Labute approximate surface area is 179 Å². The lowest BCUT2D eigenvalue weighted by Gasteiger charge is -2.20. The average Bonchev–Trinajstić information content (AvgIpc) is 2.71. The molecule has 0 aliphatic heterocycles. The van der Waals surface area contributed by atoms with Gasteiger partial charge >= 0.3 is 20.4 Å². The van der Waals surface area contributed by atoms with E-state index in [4.69, 9.17) is 0 Å². The molecule has 0 atom stereocenters. The smallest absolute Gasteiger partial charge is 0.332 e. The fourth-order valence-electron chi connectivity index (χ4n) is 3.22. The van der Waals surface area contributed by atoms with Crippen LogP contribution in [-0.2, 0) is 20.4 Å². The first kappa shape index (κ1) is 22.8. The molecule has 3 rings (SSSR count). The third kappa shape index (κ3) is 5.05. The zero-order valence-corrected chi connectivity index (χ0v) is 18.3. The van der Waals surface area contributed by atoms with Crippen LogP contribution in [0, 0.1) is 0 Å². The van der Waals surface area contributed by atoms with Gasteiger partial charge in [-0.25, -0.2) is 0 Å². The van der Waals surface area contributed by atoms with Gasteiger partial charge in [-0.3, -0.25) is 0 Å². The summed E-state index contributed by atoms with van der Waals surface area (Å²) in [7, 11) is -10.4. The Balaban J connectivity index is 2.10. The summed E-state index contributed by atoms with van der Waals surface area (Å²) in [6, 6.07) is 12.4. The molecule has 0 saturated heterocycles. The quantitative estimate of drug-likeness (QED) is 0.342. The second-order valence-corrected chi connectivity index (χ2v) is 9.19. The molecule has 31 heavy (non-hydrogen) atoms. The minimum absolute atomic E-state index is 0.146. The zero-order chi connectivity index (χ0) is 22.8. The molecule has 0 saturated carbocycles. The van der Waals surface area contributed by atoms with Crippen LogP contribution in [0.1, 0.15) is 13.8 Å². The predicted molar refractivity (Wildman–Crippen MR) is 115 cm³/mol. The number of benzene rings is 3. The number of anilines is 1. The second-order valence-electron chi connectivity index (χ2n) is 6.56. The second kappa shape index (κ2) is 8.67. The normalized spacial score (nSPS) is 12.5. The Kier molecular flexibility index (Phi) is 6.37. The Morgan fingerprint density at radius 3 is 1.87 bits per heavy atom. The maximum absolute atomic E-state index is 13.9. The first-order valence-corrected chi connectivity index (χ1v) is 12.0. The van der Waals surface area contributed by atoms with Crippen LogP contribution in [-0.4, -0.2) is 29.9 Å². The predicted octanol–water partition coefficient (Wildman–Crippen LogP) is 5.42. The van der Waals surface area contributed by atoms with E-state index in [2.05, 4.69) is 15.1 Å². The van der Waals surface area contributed by atoms with Crippen LogP contribution in [0.25, 0.3) is 10.8 Å². The van der Waals surface area contributed by atoms with Gasteiger partial charge in [0.15, 0.2) is 0 Å². The van der Waals surface area contributed by atoms with Crippen LogP contribution >= 0.6 is 0 Å². The van der Waals surface area contributed by atoms with Gasteiger partial charge in [-0.15, -0.1) is 7.77 Å². The fraction of sp³-hybridized carbons (Fsp3) is 0.200. The van der Waals surface area contributed by atoms with Crippen LogP contribution in [0.4, 0.5) is 24.8 Å². The minimum Gasteiger partial charge on any atom is -0.372 e. The van der Waals surface area contributed by atoms with E-state index in [0.717, 1.165) is 43.0 Å². The van der Waals surface area contributed by atoms with E-state index in [1.807, 2.05) is 26.0 Å². The Bertz CT molecular complexity index is 1350. The number of nitrogens with zero attached hydrogens (tertiary/aromatic N) is 3. The lowest BCUT2D eigenvalue weighted by Crippen LogP contribution is -2.21. The van der Waals surface area contributed by atoms with E-state index in [9.17, 15) is 24.6 Å². The van der Waals surface area contributed by atoms with Gasteiger partial charge in [0.25, 0.3) is 0 Å². The summed E-state index contributed by atoms with van der Waals surface area (Å²) in [5, 5.41) is 7.31. The summed E-state index contributed by atoms with van der Waals surface area (Å²) in [6.45, 7) is 5.71. The Morgan fingerprint density at radius 1 is 0.742 bits per heavy atom. The van der Waals surface area contributed by atoms with Crippen LogP contribution in [0.2, 0.25) is 0 Å². The summed E-state index contributed by atoms with van der Waals surface area (Å²) < 4.78 is 73.7. The summed E-state index contributed by atoms with van der Waals surface area (Å²) in [6.07, 6.45) is 0. The van der Waals surface area contributed by atoms with Gasteiger partial charge in [0, 0.05) is 29.5 Å². The van der Waals surface area contributed by atoms with E-state index >= 15 is 0 Å². The molecule has 0 spiro atoms. The summed E-state index contributed by atoms with van der Waals surface area (Å²) in [4.78, 5) is 0.526. The number of hydrogen-bond acceptors (Lipinski definition) is 7. The van der Waals surface area contributed by atoms with Gasteiger partial charge in [0.2, 0.25) is 0 Å². The van der Waals surface area contributed by atoms with Crippen molar-refractivity contribution in [1.29, 1.82) is 0 Å². The molecule has 7 nitrogen and oxygen atoms in total. The maximum Gasteiger partial charge on any atom is 0.332 e. The van der Waals surface area contributed by atoms with E-state index in [1.54, 1.807) is 12.1 Å². The molecule has 0 N–H and O–H groups in total. The van der Waals surface area contributed by atoms with Gasteiger partial charge in [-0.05, 0) is 56.3 Å². The van der Waals surface area contributed by atoms with Crippen molar-refractivity contribution in [1.82, 2.24) is 0 Å². The Hall–Kier alpha value is -2.92. The van der Waals surface area contributed by atoms with Gasteiger partial charge in [-0.1, -0.05) is 12.1 Å². The molecular weight excluding hydrogens is 448 g/mol. The number of rotatable bonds is 7. The van der Waals surface area contributed by atoms with Crippen molar-refractivity contribution in [2.75, 3.05) is 18.0 Å². The van der Waals surface area contributed by atoms with Crippen LogP contribution in [0.5, 0.6) is 0 Å². The lowest BCUT2D eigenvalue weighted by atomic mass is 10.1. The van der Waals surface area contributed by atoms with Crippen molar-refractivity contribution in [3.8, 4) is 0 Å². The third-order valence-electron chi connectivity index (χ3n) is 4.69. The molecule has 0 amide bonds. The van der Waals surface area contributed by atoms with Crippen molar-refractivity contribution >= 4 is 48.3 Å². The number of hydrogen-bond donors (Lipinski definition) is 0. The molecule has 0 bridgehead atoms. The number of azo groups is 1. The highest BCUT2D eigenvalue weighted by atomic mass is 32.3. The molecule has 0 aliphatic rings. The van der Waals surface area contributed by atoms with Crippen molar-refractivity contribution < 1.29 is 24.6 Å². The molecule has 3 aromatic rings. The number of fused-ring (bicyclic) bond motifs is 1. The summed E-state index contributed by atoms with van der Waals surface area (Å²) >= 11 is 0. The third-order valence-corrected chi connectivity index (χ3v) is 6.43. The fourth-order valence-corrected chi connectivity index (χ4v) is 4.59. The van der Waals surface area contributed by atoms with Crippen molar-refractivity contribution in [3.05, 3.63) is 54.6 Å². The zero-order valence-electron chi connectivity index (χ0n) is 16.7. The summed E-state index contributed by atoms with van der Waals surface area (Å²) in [5.41, 5.74) is 1.28. The monoisotopic (exact) mass is 467 g/mol. The van der Waals surface area contributed by atoms with Gasteiger partial charge in [-0.2, -0.15) is 27.1 Å². The molecule has 0 aromatic heterocycles. The standard InChI is InChI=1S/C20H19F2N3O4S2/c1-3-25(4-2)16-10-8-14(9-11-16)23-24-15-12-18-17(20(13-15)31(22,28)29)6-5-7-19(18)30(21,26)27/h5-13H,3-4H2,1-2H3. The molecule has 164 valence electrons. The average molecular weight is 468 g/mol. The van der Waals surface area contributed by atoms with Gasteiger partial charge < -0.3 is 4.90 Å². The van der Waals surface area contributed by atoms with Crippen molar-refractivity contribution in [2.24, 2.45) is 10.2 Å². The Morgan fingerprint density at radius 2 is 1.32 bits per heavy atom. The van der Waals surface area contributed by atoms with E-state index in [0.29, 0.717) is 5.69 Å². The van der Waals surface area contributed by atoms with E-state index in [-0.39, 0.29) is 16.5 Å². The van der Waals surface area contributed by atoms with E-state index in [1.165, 1.54) is 6.07 Å². The molecular formula is C20H19F2N3O4S2. The maximum atomic E-state index is 13.9. The largest absolute Gasteiger partial charge is 0.372 e. The molecule has 11 heteroatoms. The molecule has 0 aliphatic carbocycles. The number of halogens is 2. The summed E-state index contributed by atoms with van der Waals surface area (Å²) in [5.74, 6) is 0. The van der Waals surface area contributed by atoms with Gasteiger partial charge in [0.1, 0.15) is 9.79 Å². The molecule has 0 fully saturated rings. The first-order valence-electron chi connectivity index (χ1n) is 9.27. The van der Waals surface area contributed by atoms with Crippen LogP contribution in [0.3, 0.4) is 0 Å².